The van der Waals surface area contributed by atoms with Crippen LogP contribution in [0.2, 0.25) is 0 Å². The summed E-state index contributed by atoms with van der Waals surface area (Å²) in [6, 6.07) is 2.48. The van der Waals surface area contributed by atoms with Crippen LogP contribution in [0.5, 0.6) is 0 Å². The summed E-state index contributed by atoms with van der Waals surface area (Å²) < 4.78 is 0. The zero-order chi connectivity index (χ0) is 15.2. The molecular weight excluding hydrogens is 256 g/mol. The van der Waals surface area contributed by atoms with Gasteiger partial charge >= 0.3 is 0 Å². The molecule has 0 aromatic rings. The molecule has 0 aromatic carbocycles. The fraction of sp³-hybridized carbons (Fsp3) is 1.00. The first-order valence-corrected chi connectivity index (χ1v) is 9.67. The number of rotatable bonds is 7. The van der Waals surface area contributed by atoms with Crippen LogP contribution < -0.4 is 0 Å². The summed E-state index contributed by atoms with van der Waals surface area (Å²) in [6.07, 6.45) is 11.2. The van der Waals surface area contributed by atoms with E-state index in [2.05, 4.69) is 37.5 Å². The zero-order valence-corrected chi connectivity index (χ0v) is 15.0. The molecule has 0 spiro atoms. The van der Waals surface area contributed by atoms with Crippen LogP contribution in [0, 0.1) is 5.92 Å². The van der Waals surface area contributed by atoms with Gasteiger partial charge in [-0.15, -0.1) is 0 Å². The van der Waals surface area contributed by atoms with Crippen molar-refractivity contribution in [1.29, 1.82) is 0 Å². The van der Waals surface area contributed by atoms with Crippen molar-refractivity contribution >= 4 is 0 Å². The molecule has 2 aliphatic rings. The predicted octanol–water partition coefficient (Wildman–Crippen LogP) is 4.54. The van der Waals surface area contributed by atoms with Gasteiger partial charge in [0.2, 0.25) is 0 Å². The lowest BCUT2D eigenvalue weighted by atomic mass is 9.89. The summed E-state index contributed by atoms with van der Waals surface area (Å²) in [5.74, 6) is 0.786. The third-order valence-electron chi connectivity index (χ3n) is 5.77. The van der Waals surface area contributed by atoms with E-state index in [1.165, 1.54) is 71.0 Å². The van der Waals surface area contributed by atoms with E-state index in [9.17, 15) is 0 Å². The maximum atomic E-state index is 2.94. The van der Waals surface area contributed by atoms with E-state index in [1.54, 1.807) is 0 Å². The van der Waals surface area contributed by atoms with E-state index in [-0.39, 0.29) is 0 Å². The lowest BCUT2D eigenvalue weighted by Crippen LogP contribution is -2.63. The summed E-state index contributed by atoms with van der Waals surface area (Å²) in [6.45, 7) is 13.6. The summed E-state index contributed by atoms with van der Waals surface area (Å²) in [5.41, 5.74) is 0. The van der Waals surface area contributed by atoms with Crippen molar-refractivity contribution in [3.63, 3.8) is 0 Å². The van der Waals surface area contributed by atoms with Gasteiger partial charge in [0.25, 0.3) is 0 Å². The van der Waals surface area contributed by atoms with Crippen LogP contribution in [0.4, 0.5) is 0 Å². The molecule has 0 bridgehead atoms. The fourth-order valence-electron chi connectivity index (χ4n) is 4.49. The number of hydrogen-bond donors (Lipinski definition) is 0. The minimum Gasteiger partial charge on any atom is -0.298 e. The molecule has 2 fully saturated rings. The van der Waals surface area contributed by atoms with E-state index in [1.807, 2.05) is 0 Å². The Hall–Kier alpha value is -0.0800. The highest BCUT2D eigenvalue weighted by atomic mass is 15.3. The third kappa shape index (κ3) is 4.45. The standard InChI is InChI=1S/C19H38N2/c1-5-7-11-17(10-6-2)21-14-18-12-8-9-13-20(18)15-19(21)16(3)4/h16-19H,5-15H2,1-4H3. The molecular formula is C19H38N2. The molecule has 2 heteroatoms. The van der Waals surface area contributed by atoms with Crippen molar-refractivity contribution < 1.29 is 0 Å². The van der Waals surface area contributed by atoms with Crippen LogP contribution in [0.3, 0.4) is 0 Å². The van der Waals surface area contributed by atoms with Gasteiger partial charge in [0.15, 0.2) is 0 Å². The summed E-state index contributed by atoms with van der Waals surface area (Å²) >= 11 is 0. The highest BCUT2D eigenvalue weighted by molar-refractivity contribution is 4.94. The Morgan fingerprint density at radius 1 is 1.00 bits per heavy atom. The second-order valence-electron chi connectivity index (χ2n) is 7.74. The SMILES string of the molecule is CCCCC(CCC)N1CC2CCCCN2CC1C(C)C. The first-order chi connectivity index (χ1) is 10.2. The second-order valence-corrected chi connectivity index (χ2v) is 7.74. The van der Waals surface area contributed by atoms with Crippen molar-refractivity contribution in [1.82, 2.24) is 9.80 Å². The molecule has 0 aliphatic carbocycles. The average molecular weight is 295 g/mol. The van der Waals surface area contributed by atoms with Crippen molar-refractivity contribution in [2.24, 2.45) is 5.92 Å². The van der Waals surface area contributed by atoms with Crippen molar-refractivity contribution in [3.8, 4) is 0 Å². The third-order valence-corrected chi connectivity index (χ3v) is 5.77. The molecule has 0 radical (unpaired) electrons. The summed E-state index contributed by atoms with van der Waals surface area (Å²) in [5, 5.41) is 0. The molecule has 0 amide bonds. The lowest BCUT2D eigenvalue weighted by Gasteiger charge is -2.52. The molecule has 3 unspecified atom stereocenters. The average Bonchev–Trinajstić information content (AvgIpc) is 2.50. The Bertz CT molecular complexity index is 289. The van der Waals surface area contributed by atoms with Crippen LogP contribution in [-0.4, -0.2) is 47.6 Å². The quantitative estimate of drug-likeness (QED) is 0.680. The van der Waals surface area contributed by atoms with Crippen LogP contribution in [0.1, 0.15) is 79.1 Å². The molecule has 0 N–H and O–H groups in total. The van der Waals surface area contributed by atoms with Crippen LogP contribution in [0.15, 0.2) is 0 Å². The zero-order valence-electron chi connectivity index (χ0n) is 15.0. The number of hydrogen-bond acceptors (Lipinski definition) is 2. The molecule has 0 aromatic heterocycles. The Balaban J connectivity index is 2.07. The van der Waals surface area contributed by atoms with Gasteiger partial charge in [-0.1, -0.05) is 53.4 Å². The van der Waals surface area contributed by atoms with Crippen LogP contribution in [-0.2, 0) is 0 Å². The van der Waals surface area contributed by atoms with Gasteiger partial charge in [-0.25, -0.2) is 0 Å². The van der Waals surface area contributed by atoms with E-state index >= 15 is 0 Å². The minimum atomic E-state index is 0.785. The maximum Gasteiger partial charge on any atom is 0.0249 e. The Kier molecular flexibility index (Phi) is 7.01. The van der Waals surface area contributed by atoms with Gasteiger partial charge in [-0.2, -0.15) is 0 Å². The number of unbranched alkanes of at least 4 members (excludes halogenated alkanes) is 1. The van der Waals surface area contributed by atoms with E-state index in [4.69, 9.17) is 0 Å². The molecule has 3 atom stereocenters. The van der Waals surface area contributed by atoms with E-state index < -0.39 is 0 Å². The van der Waals surface area contributed by atoms with Crippen LogP contribution in [0.25, 0.3) is 0 Å². The normalized spacial score (nSPS) is 29.6. The van der Waals surface area contributed by atoms with Gasteiger partial charge in [-0.05, 0) is 38.1 Å². The molecule has 2 rings (SSSR count). The smallest absolute Gasteiger partial charge is 0.0249 e. The lowest BCUT2D eigenvalue weighted by molar-refractivity contribution is -0.0340. The van der Waals surface area contributed by atoms with Crippen LogP contribution >= 0.6 is 0 Å². The van der Waals surface area contributed by atoms with Gasteiger partial charge in [0.05, 0.1) is 0 Å². The molecule has 0 saturated carbocycles. The van der Waals surface area contributed by atoms with E-state index in [0.717, 1.165) is 24.0 Å². The summed E-state index contributed by atoms with van der Waals surface area (Å²) in [7, 11) is 0. The van der Waals surface area contributed by atoms with Gasteiger partial charge in [0, 0.05) is 31.2 Å². The molecule has 2 heterocycles. The largest absolute Gasteiger partial charge is 0.298 e. The number of fused-ring (bicyclic) bond motifs is 1. The minimum absolute atomic E-state index is 0.785. The van der Waals surface area contributed by atoms with Crippen molar-refractivity contribution in [3.05, 3.63) is 0 Å². The van der Waals surface area contributed by atoms with Gasteiger partial charge < -0.3 is 0 Å². The molecule has 2 aliphatic heterocycles. The van der Waals surface area contributed by atoms with Crippen molar-refractivity contribution in [2.75, 3.05) is 19.6 Å². The maximum absolute atomic E-state index is 2.94. The Morgan fingerprint density at radius 3 is 2.48 bits per heavy atom. The highest BCUT2D eigenvalue weighted by Crippen LogP contribution is 2.30. The van der Waals surface area contributed by atoms with Gasteiger partial charge in [0.1, 0.15) is 0 Å². The summed E-state index contributed by atoms with van der Waals surface area (Å²) in [4.78, 5) is 5.75. The molecule has 2 nitrogen and oxygen atoms in total. The van der Waals surface area contributed by atoms with Gasteiger partial charge in [-0.3, -0.25) is 9.80 Å². The topological polar surface area (TPSA) is 6.48 Å². The first-order valence-electron chi connectivity index (χ1n) is 9.67. The first kappa shape index (κ1) is 17.3. The molecule has 2 saturated heterocycles. The van der Waals surface area contributed by atoms with E-state index in [0.29, 0.717) is 0 Å². The number of piperazine rings is 1. The highest BCUT2D eigenvalue weighted by Gasteiger charge is 2.38. The second kappa shape index (κ2) is 8.53. The Labute approximate surface area is 133 Å². The van der Waals surface area contributed by atoms with Crippen molar-refractivity contribution in [2.45, 2.75) is 97.2 Å². The molecule has 21 heavy (non-hydrogen) atoms. The Morgan fingerprint density at radius 2 is 1.81 bits per heavy atom. The molecule has 124 valence electrons. The predicted molar refractivity (Wildman–Crippen MR) is 92.8 cm³/mol. The number of nitrogens with zero attached hydrogens (tertiary/aromatic N) is 2. The number of piperidine rings is 1. The fourth-order valence-corrected chi connectivity index (χ4v) is 4.49. The monoisotopic (exact) mass is 294 g/mol.